The Morgan fingerprint density at radius 1 is 0.305 bits per heavy atom. The van der Waals surface area contributed by atoms with Crippen molar-refractivity contribution in [2.24, 2.45) is 0 Å². The van der Waals surface area contributed by atoms with Crippen molar-refractivity contribution in [1.82, 2.24) is 9.97 Å². The summed E-state index contributed by atoms with van der Waals surface area (Å²) >= 11 is 0. The van der Waals surface area contributed by atoms with Gasteiger partial charge in [0.25, 0.3) is 0 Å². The van der Waals surface area contributed by atoms with Crippen molar-refractivity contribution < 1.29 is 0 Å². The lowest BCUT2D eigenvalue weighted by atomic mass is 9.81. The number of nitrogens with zero attached hydrogens (tertiary/aromatic N) is 2. The van der Waals surface area contributed by atoms with E-state index in [-0.39, 0.29) is 5.41 Å². The zero-order valence-electron chi connectivity index (χ0n) is 33.0. The lowest BCUT2D eigenvalue weighted by Crippen LogP contribution is -2.15. The zero-order chi connectivity index (χ0) is 39.5. The van der Waals surface area contributed by atoms with Gasteiger partial charge in [0, 0.05) is 22.1 Å². The molecule has 0 saturated heterocycles. The minimum absolute atomic E-state index is 0.0800. The third kappa shape index (κ3) is 6.04. The molecular weight excluding hydrogens is 713 g/mol. The Kier molecular flexibility index (Phi) is 8.20. The number of hydrogen-bond donors (Lipinski definition) is 0. The maximum absolute atomic E-state index is 5.25. The highest BCUT2D eigenvalue weighted by Gasteiger charge is 2.36. The Morgan fingerprint density at radius 3 is 1.42 bits per heavy atom. The average Bonchev–Trinajstić information content (AvgIpc) is 3.52. The van der Waals surface area contributed by atoms with Crippen LogP contribution < -0.4 is 0 Å². The molecule has 0 aliphatic heterocycles. The monoisotopic (exact) mass is 752 g/mol. The third-order valence-electron chi connectivity index (χ3n) is 12.3. The summed E-state index contributed by atoms with van der Waals surface area (Å²) in [6.07, 6.45) is 0. The highest BCUT2D eigenvalue weighted by molar-refractivity contribution is 6.04. The molecule has 0 spiro atoms. The quantitative estimate of drug-likeness (QED) is 0.169. The average molecular weight is 753 g/mol. The first-order valence-corrected chi connectivity index (χ1v) is 20.4. The lowest BCUT2D eigenvalue weighted by molar-refractivity contribution is 0.661. The van der Waals surface area contributed by atoms with Crippen molar-refractivity contribution in [3.63, 3.8) is 0 Å². The Labute approximate surface area is 345 Å². The molecule has 2 heteroatoms. The lowest BCUT2D eigenvalue weighted by Gasteiger charge is -2.22. The van der Waals surface area contributed by atoms with E-state index < -0.39 is 0 Å². The molecule has 0 N–H and O–H groups in total. The molecular formula is C57H40N2. The van der Waals surface area contributed by atoms with Crippen LogP contribution in [0.4, 0.5) is 0 Å². The Bertz CT molecular complexity index is 3200. The second-order valence-corrected chi connectivity index (χ2v) is 16.2. The van der Waals surface area contributed by atoms with Gasteiger partial charge in [-0.3, -0.25) is 0 Å². The van der Waals surface area contributed by atoms with Crippen LogP contribution in [0.25, 0.3) is 100.0 Å². The van der Waals surface area contributed by atoms with Crippen molar-refractivity contribution in [3.8, 4) is 78.4 Å². The molecule has 2 nitrogen and oxygen atoms in total. The maximum atomic E-state index is 5.25. The highest BCUT2D eigenvalue weighted by atomic mass is 14.9. The van der Waals surface area contributed by atoms with Crippen molar-refractivity contribution in [3.05, 3.63) is 217 Å². The van der Waals surface area contributed by atoms with Crippen LogP contribution in [-0.2, 0) is 5.41 Å². The Balaban J connectivity index is 0.955. The minimum atomic E-state index is -0.0800. The van der Waals surface area contributed by atoms with Crippen LogP contribution in [0.15, 0.2) is 206 Å². The first-order chi connectivity index (χ1) is 29.0. The second kappa shape index (κ2) is 13.9. The number of fused-ring (bicyclic) bond motifs is 5. The van der Waals surface area contributed by atoms with Gasteiger partial charge in [-0.1, -0.05) is 190 Å². The molecule has 1 heterocycles. The van der Waals surface area contributed by atoms with Crippen molar-refractivity contribution in [2.45, 2.75) is 19.3 Å². The van der Waals surface area contributed by atoms with E-state index in [1.165, 1.54) is 71.8 Å². The van der Waals surface area contributed by atoms with Crippen LogP contribution in [0, 0.1) is 0 Å². The van der Waals surface area contributed by atoms with E-state index >= 15 is 0 Å². The molecule has 10 aromatic rings. The summed E-state index contributed by atoms with van der Waals surface area (Å²) in [6, 6.07) is 74.3. The van der Waals surface area contributed by atoms with E-state index in [1.54, 1.807) is 0 Å². The van der Waals surface area contributed by atoms with Crippen LogP contribution in [0.5, 0.6) is 0 Å². The van der Waals surface area contributed by atoms with Gasteiger partial charge < -0.3 is 0 Å². The van der Waals surface area contributed by atoms with Crippen LogP contribution in [0.2, 0.25) is 0 Å². The molecule has 59 heavy (non-hydrogen) atoms. The number of aromatic nitrogens is 2. The standard InChI is InChI=1S/C57H40N2/c1-57(2)52-35-45(29-30-49(52)51-33-43-17-9-10-18-44(43)34-53(51)57)39-21-25-40(26-22-39)46-31-32-50(48-20-12-11-19-47(46)48)56-58-54(41-15-7-4-8-16-41)36-55(59-56)42-27-23-38(24-28-42)37-13-5-3-6-14-37/h3-36H,1-2H3. The van der Waals surface area contributed by atoms with E-state index in [9.17, 15) is 0 Å². The summed E-state index contributed by atoms with van der Waals surface area (Å²) in [4.78, 5) is 10.5. The molecule has 0 bridgehead atoms. The van der Waals surface area contributed by atoms with E-state index in [2.05, 4.69) is 208 Å². The van der Waals surface area contributed by atoms with Crippen LogP contribution in [0.1, 0.15) is 25.0 Å². The molecule has 0 unspecified atom stereocenters. The fourth-order valence-electron chi connectivity index (χ4n) is 9.13. The predicted molar refractivity (Wildman–Crippen MR) is 247 cm³/mol. The van der Waals surface area contributed by atoms with E-state index in [0.717, 1.165) is 33.5 Å². The molecule has 278 valence electrons. The van der Waals surface area contributed by atoms with Gasteiger partial charge in [-0.25, -0.2) is 9.97 Å². The van der Waals surface area contributed by atoms with Crippen LogP contribution in [0.3, 0.4) is 0 Å². The summed E-state index contributed by atoms with van der Waals surface area (Å²) in [5.74, 6) is 0.710. The zero-order valence-corrected chi connectivity index (χ0v) is 33.0. The molecule has 1 aliphatic carbocycles. The van der Waals surface area contributed by atoms with Gasteiger partial charge in [0.2, 0.25) is 0 Å². The molecule has 0 radical (unpaired) electrons. The highest BCUT2D eigenvalue weighted by Crippen LogP contribution is 2.51. The fraction of sp³-hybridized carbons (Fsp3) is 0.0526. The number of rotatable bonds is 6. The Morgan fingerprint density at radius 2 is 0.746 bits per heavy atom. The first-order valence-electron chi connectivity index (χ1n) is 20.4. The molecule has 1 aromatic heterocycles. The summed E-state index contributed by atoms with van der Waals surface area (Å²) in [5, 5.41) is 4.88. The molecule has 0 fully saturated rings. The number of hydrogen-bond acceptors (Lipinski definition) is 2. The van der Waals surface area contributed by atoms with Crippen LogP contribution in [-0.4, -0.2) is 9.97 Å². The van der Waals surface area contributed by atoms with E-state index in [0.29, 0.717) is 5.82 Å². The van der Waals surface area contributed by atoms with Crippen molar-refractivity contribution in [1.29, 1.82) is 0 Å². The van der Waals surface area contributed by atoms with Gasteiger partial charge in [0.05, 0.1) is 11.4 Å². The summed E-state index contributed by atoms with van der Waals surface area (Å²) in [7, 11) is 0. The topological polar surface area (TPSA) is 25.8 Å². The second-order valence-electron chi connectivity index (χ2n) is 16.2. The molecule has 0 saturated carbocycles. The maximum Gasteiger partial charge on any atom is 0.161 e. The van der Waals surface area contributed by atoms with Gasteiger partial charge in [0.1, 0.15) is 0 Å². The normalized spacial score (nSPS) is 12.7. The predicted octanol–water partition coefficient (Wildman–Crippen LogP) is 15.1. The van der Waals surface area contributed by atoms with Crippen molar-refractivity contribution >= 4 is 21.5 Å². The first kappa shape index (κ1) is 34.8. The fourth-order valence-corrected chi connectivity index (χ4v) is 9.13. The molecule has 9 aromatic carbocycles. The molecule has 0 atom stereocenters. The summed E-state index contributed by atoms with van der Waals surface area (Å²) in [5.41, 5.74) is 17.5. The van der Waals surface area contributed by atoms with E-state index in [4.69, 9.17) is 9.97 Å². The minimum Gasteiger partial charge on any atom is -0.228 e. The van der Waals surface area contributed by atoms with Gasteiger partial charge in [0.15, 0.2) is 5.82 Å². The van der Waals surface area contributed by atoms with Crippen molar-refractivity contribution in [2.75, 3.05) is 0 Å². The van der Waals surface area contributed by atoms with Crippen LogP contribution >= 0.6 is 0 Å². The van der Waals surface area contributed by atoms with Gasteiger partial charge in [-0.2, -0.15) is 0 Å². The Hall–Kier alpha value is -7.42. The molecule has 0 amide bonds. The van der Waals surface area contributed by atoms with Gasteiger partial charge in [-0.05, 0) is 108 Å². The smallest absolute Gasteiger partial charge is 0.161 e. The number of benzene rings is 9. The van der Waals surface area contributed by atoms with Gasteiger partial charge in [-0.15, -0.1) is 0 Å². The SMILES string of the molecule is CC1(C)c2cc(-c3ccc(-c4ccc(-c5nc(-c6ccccc6)cc(-c6ccc(-c7ccccc7)cc6)n5)c5ccccc45)cc3)ccc2-c2cc3ccccc3cc21. The third-order valence-corrected chi connectivity index (χ3v) is 12.3. The molecule has 11 rings (SSSR count). The summed E-state index contributed by atoms with van der Waals surface area (Å²) < 4.78 is 0. The van der Waals surface area contributed by atoms with Gasteiger partial charge >= 0.3 is 0 Å². The summed E-state index contributed by atoms with van der Waals surface area (Å²) in [6.45, 7) is 4.72. The van der Waals surface area contributed by atoms with E-state index in [1.807, 2.05) is 12.1 Å². The largest absolute Gasteiger partial charge is 0.228 e. The molecule has 1 aliphatic rings.